The van der Waals surface area contributed by atoms with Crippen LogP contribution in [0.5, 0.6) is 0 Å². The predicted octanol–water partition coefficient (Wildman–Crippen LogP) is 4.96. The second-order valence-corrected chi connectivity index (χ2v) is 7.75. The number of ether oxygens (including phenoxy) is 2. The van der Waals surface area contributed by atoms with Gasteiger partial charge in [0.15, 0.2) is 0 Å². The van der Waals surface area contributed by atoms with Crippen molar-refractivity contribution in [2.24, 2.45) is 0 Å². The van der Waals surface area contributed by atoms with Crippen molar-refractivity contribution in [1.29, 1.82) is 0 Å². The molecular formula is C25H22ClNO4. The Morgan fingerprint density at radius 2 is 1.52 bits per heavy atom. The van der Waals surface area contributed by atoms with E-state index in [2.05, 4.69) is 29.6 Å². The van der Waals surface area contributed by atoms with Gasteiger partial charge in [-0.1, -0.05) is 78.3 Å². The summed E-state index contributed by atoms with van der Waals surface area (Å²) >= 11 is 6.20. The summed E-state index contributed by atoms with van der Waals surface area (Å²) in [5.41, 5.74) is 5.28. The lowest BCUT2D eigenvalue weighted by atomic mass is 9.98. The minimum atomic E-state index is -0.902. The summed E-state index contributed by atoms with van der Waals surface area (Å²) in [7, 11) is 1.28. The van der Waals surface area contributed by atoms with E-state index in [9.17, 15) is 9.59 Å². The molecule has 0 radical (unpaired) electrons. The number of hydrogen-bond acceptors (Lipinski definition) is 4. The van der Waals surface area contributed by atoms with E-state index >= 15 is 0 Å². The molecule has 0 unspecified atom stereocenters. The first-order valence-electron chi connectivity index (χ1n) is 10.0. The molecule has 0 fully saturated rings. The summed E-state index contributed by atoms with van der Waals surface area (Å²) < 4.78 is 10.4. The molecule has 4 rings (SSSR count). The second kappa shape index (κ2) is 9.23. The number of benzene rings is 3. The molecule has 0 aromatic heterocycles. The molecule has 158 valence electrons. The highest BCUT2D eigenvalue weighted by atomic mass is 35.5. The highest BCUT2D eigenvalue weighted by Crippen LogP contribution is 2.44. The average Bonchev–Trinajstić information content (AvgIpc) is 3.12. The molecule has 0 aliphatic heterocycles. The van der Waals surface area contributed by atoms with Crippen LogP contribution in [0, 0.1) is 0 Å². The van der Waals surface area contributed by atoms with Crippen LogP contribution >= 0.6 is 11.6 Å². The van der Waals surface area contributed by atoms with Gasteiger partial charge >= 0.3 is 12.1 Å². The summed E-state index contributed by atoms with van der Waals surface area (Å²) in [4.78, 5) is 24.8. The standard InChI is InChI=1S/C25H22ClNO4/c1-30-24(28)23(14-16-8-2-7-13-22(16)26)27-25(29)31-15-21-19-11-5-3-9-17(19)18-10-4-6-12-20(18)21/h2-13,21,23H,14-15H2,1H3,(H,27,29)/t23-/m0/s1. The fraction of sp³-hybridized carbons (Fsp3) is 0.200. The molecular weight excluding hydrogens is 414 g/mol. The molecule has 31 heavy (non-hydrogen) atoms. The smallest absolute Gasteiger partial charge is 0.407 e. The number of carbonyl (C=O) groups is 2. The summed E-state index contributed by atoms with van der Waals surface area (Å²) in [5.74, 6) is -0.619. The van der Waals surface area contributed by atoms with Gasteiger partial charge in [-0.3, -0.25) is 0 Å². The van der Waals surface area contributed by atoms with Crippen LogP contribution in [0.25, 0.3) is 11.1 Å². The summed E-state index contributed by atoms with van der Waals surface area (Å²) in [6.45, 7) is 0.167. The van der Waals surface area contributed by atoms with Crippen LogP contribution in [-0.2, 0) is 20.7 Å². The van der Waals surface area contributed by atoms with Gasteiger partial charge in [0.1, 0.15) is 12.6 Å². The largest absolute Gasteiger partial charge is 0.467 e. The molecule has 1 aliphatic rings. The van der Waals surface area contributed by atoms with Gasteiger partial charge in [-0.05, 0) is 33.9 Å². The lowest BCUT2D eigenvalue weighted by molar-refractivity contribution is -0.142. The Labute approximate surface area is 185 Å². The van der Waals surface area contributed by atoms with E-state index in [0.29, 0.717) is 5.02 Å². The maximum absolute atomic E-state index is 12.6. The molecule has 0 heterocycles. The van der Waals surface area contributed by atoms with Gasteiger partial charge in [-0.25, -0.2) is 9.59 Å². The number of nitrogens with one attached hydrogen (secondary N) is 1. The average molecular weight is 436 g/mol. The van der Waals surface area contributed by atoms with Crippen LogP contribution in [0.2, 0.25) is 5.02 Å². The Morgan fingerprint density at radius 3 is 2.13 bits per heavy atom. The van der Waals surface area contributed by atoms with Crippen molar-refractivity contribution in [2.75, 3.05) is 13.7 Å². The number of carbonyl (C=O) groups excluding carboxylic acids is 2. The first-order chi connectivity index (χ1) is 15.1. The quantitative estimate of drug-likeness (QED) is 0.555. The molecule has 1 aliphatic carbocycles. The zero-order chi connectivity index (χ0) is 21.8. The van der Waals surface area contributed by atoms with Crippen molar-refractivity contribution in [3.05, 3.63) is 94.5 Å². The monoisotopic (exact) mass is 435 g/mol. The molecule has 0 saturated carbocycles. The molecule has 3 aromatic carbocycles. The van der Waals surface area contributed by atoms with Crippen LogP contribution in [0.3, 0.4) is 0 Å². The Bertz CT molecular complexity index is 1070. The fourth-order valence-corrected chi connectivity index (χ4v) is 4.21. The van der Waals surface area contributed by atoms with Crippen LogP contribution in [0.4, 0.5) is 4.79 Å². The van der Waals surface area contributed by atoms with Crippen molar-refractivity contribution in [3.8, 4) is 11.1 Å². The molecule has 0 saturated heterocycles. The third-order valence-corrected chi connectivity index (χ3v) is 5.87. The molecule has 0 spiro atoms. The summed E-state index contributed by atoms with van der Waals surface area (Å²) in [5, 5.41) is 3.14. The minimum absolute atomic E-state index is 0.0571. The van der Waals surface area contributed by atoms with E-state index in [-0.39, 0.29) is 18.9 Å². The second-order valence-electron chi connectivity index (χ2n) is 7.34. The highest BCUT2D eigenvalue weighted by Gasteiger charge is 2.30. The molecule has 1 amide bonds. The molecule has 1 N–H and O–H groups in total. The third kappa shape index (κ3) is 4.42. The van der Waals surface area contributed by atoms with Gasteiger partial charge in [-0.2, -0.15) is 0 Å². The number of alkyl carbamates (subject to hydrolysis) is 1. The molecule has 6 heteroatoms. The molecule has 0 bridgehead atoms. The first kappa shape index (κ1) is 20.9. The van der Waals surface area contributed by atoms with E-state index in [1.54, 1.807) is 18.2 Å². The molecule has 1 atom stereocenters. The lowest BCUT2D eigenvalue weighted by Crippen LogP contribution is -2.43. The highest BCUT2D eigenvalue weighted by molar-refractivity contribution is 6.31. The van der Waals surface area contributed by atoms with E-state index in [1.807, 2.05) is 30.3 Å². The number of fused-ring (bicyclic) bond motifs is 3. The number of halogens is 1. The van der Waals surface area contributed by atoms with Gasteiger partial charge in [-0.15, -0.1) is 0 Å². The number of methoxy groups -OCH3 is 1. The van der Waals surface area contributed by atoms with Gasteiger partial charge in [0.2, 0.25) is 0 Å². The van der Waals surface area contributed by atoms with E-state index in [1.165, 1.54) is 7.11 Å². The fourth-order valence-electron chi connectivity index (χ4n) is 4.00. The van der Waals surface area contributed by atoms with Crippen LogP contribution < -0.4 is 5.32 Å². The van der Waals surface area contributed by atoms with E-state index in [4.69, 9.17) is 21.1 Å². The lowest BCUT2D eigenvalue weighted by Gasteiger charge is -2.19. The van der Waals surface area contributed by atoms with Crippen LogP contribution in [0.1, 0.15) is 22.6 Å². The normalized spacial score (nSPS) is 13.1. The van der Waals surface area contributed by atoms with Gasteiger partial charge in [0.25, 0.3) is 0 Å². The summed E-state index contributed by atoms with van der Waals surface area (Å²) in [6, 6.07) is 22.5. The van der Waals surface area contributed by atoms with E-state index < -0.39 is 18.1 Å². The van der Waals surface area contributed by atoms with Crippen molar-refractivity contribution in [2.45, 2.75) is 18.4 Å². The van der Waals surface area contributed by atoms with Crippen molar-refractivity contribution in [3.63, 3.8) is 0 Å². The topological polar surface area (TPSA) is 64.6 Å². The molecule has 5 nitrogen and oxygen atoms in total. The van der Waals surface area contributed by atoms with Gasteiger partial charge in [0.05, 0.1) is 7.11 Å². The number of hydrogen-bond donors (Lipinski definition) is 1. The third-order valence-electron chi connectivity index (χ3n) is 5.50. The Hall–Kier alpha value is -3.31. The van der Waals surface area contributed by atoms with Crippen molar-refractivity contribution in [1.82, 2.24) is 5.32 Å². The zero-order valence-electron chi connectivity index (χ0n) is 17.0. The van der Waals surface area contributed by atoms with Crippen molar-refractivity contribution >= 4 is 23.7 Å². The van der Waals surface area contributed by atoms with Crippen LogP contribution in [-0.4, -0.2) is 31.8 Å². The van der Waals surface area contributed by atoms with Crippen molar-refractivity contribution < 1.29 is 19.1 Å². The summed E-state index contributed by atoms with van der Waals surface area (Å²) in [6.07, 6.45) is -0.472. The zero-order valence-corrected chi connectivity index (χ0v) is 17.8. The first-order valence-corrected chi connectivity index (χ1v) is 10.4. The molecule has 3 aromatic rings. The Balaban J connectivity index is 1.45. The van der Waals surface area contributed by atoms with Gasteiger partial charge in [0, 0.05) is 17.4 Å². The van der Waals surface area contributed by atoms with Gasteiger partial charge < -0.3 is 14.8 Å². The minimum Gasteiger partial charge on any atom is -0.467 e. The SMILES string of the molecule is COC(=O)[C@H](Cc1ccccc1Cl)NC(=O)OCC1c2ccccc2-c2ccccc21. The number of amides is 1. The Morgan fingerprint density at radius 1 is 0.935 bits per heavy atom. The maximum atomic E-state index is 12.6. The predicted molar refractivity (Wildman–Crippen MR) is 119 cm³/mol. The van der Waals surface area contributed by atoms with Crippen LogP contribution in [0.15, 0.2) is 72.8 Å². The number of rotatable bonds is 6. The van der Waals surface area contributed by atoms with E-state index in [0.717, 1.165) is 27.8 Å². The Kier molecular flexibility index (Phi) is 6.23. The maximum Gasteiger partial charge on any atom is 0.407 e. The number of esters is 1.